The van der Waals surface area contributed by atoms with E-state index in [1.54, 1.807) is 31.2 Å². The lowest BCUT2D eigenvalue weighted by atomic mass is 10.1. The molecular weight excluding hydrogens is 340 g/mol. The van der Waals surface area contributed by atoms with Crippen molar-refractivity contribution in [2.75, 3.05) is 18.5 Å². The molecule has 5 nitrogen and oxygen atoms in total. The third kappa shape index (κ3) is 5.93. The van der Waals surface area contributed by atoms with Crippen LogP contribution in [0.3, 0.4) is 0 Å². The summed E-state index contributed by atoms with van der Waals surface area (Å²) in [5, 5.41) is 5.74. The van der Waals surface area contributed by atoms with E-state index < -0.39 is 6.10 Å². The van der Waals surface area contributed by atoms with Crippen molar-refractivity contribution in [2.24, 2.45) is 5.92 Å². The van der Waals surface area contributed by atoms with Gasteiger partial charge in [0.05, 0.1) is 17.9 Å². The van der Waals surface area contributed by atoms with Gasteiger partial charge in [-0.15, -0.1) is 0 Å². The number of nitrogens with one attached hydrogen (secondary N) is 2. The second kappa shape index (κ2) is 9.33. The predicted octanol–water partition coefficient (Wildman–Crippen LogP) is 3.41. The van der Waals surface area contributed by atoms with Gasteiger partial charge in [-0.25, -0.2) is 0 Å². The number of hydrogen-bond donors (Lipinski definition) is 2. The number of carbonyl (C=O) groups is 2. The summed E-state index contributed by atoms with van der Waals surface area (Å²) in [6, 6.07) is 17.0. The molecular formula is C22H26N2O3. The molecule has 0 aliphatic heterocycles. The number of benzene rings is 2. The zero-order valence-electron chi connectivity index (χ0n) is 15.6. The SMILES string of the molecule is CC(OCC1CC1)C(=O)Nc1ccccc1C(=O)NCCc1ccccc1. The molecule has 1 saturated carbocycles. The molecule has 2 N–H and O–H groups in total. The monoisotopic (exact) mass is 366 g/mol. The highest BCUT2D eigenvalue weighted by Crippen LogP contribution is 2.29. The highest BCUT2D eigenvalue weighted by atomic mass is 16.5. The zero-order chi connectivity index (χ0) is 19.1. The summed E-state index contributed by atoms with van der Waals surface area (Å²) in [5.41, 5.74) is 2.12. The van der Waals surface area contributed by atoms with Crippen LogP contribution in [0.25, 0.3) is 0 Å². The van der Waals surface area contributed by atoms with Crippen molar-refractivity contribution in [2.45, 2.75) is 32.3 Å². The molecule has 142 valence electrons. The fourth-order valence-corrected chi connectivity index (χ4v) is 2.73. The second-order valence-electron chi connectivity index (χ2n) is 6.95. The molecule has 2 amide bonds. The van der Waals surface area contributed by atoms with E-state index in [0.717, 1.165) is 6.42 Å². The van der Waals surface area contributed by atoms with Gasteiger partial charge < -0.3 is 15.4 Å². The van der Waals surface area contributed by atoms with Crippen LogP contribution in [0.15, 0.2) is 54.6 Å². The van der Waals surface area contributed by atoms with E-state index >= 15 is 0 Å². The fraction of sp³-hybridized carbons (Fsp3) is 0.364. The lowest BCUT2D eigenvalue weighted by Crippen LogP contribution is -2.31. The Morgan fingerprint density at radius 3 is 2.52 bits per heavy atom. The van der Waals surface area contributed by atoms with Crippen LogP contribution in [0.2, 0.25) is 0 Å². The van der Waals surface area contributed by atoms with Gasteiger partial charge in [0.15, 0.2) is 0 Å². The topological polar surface area (TPSA) is 67.4 Å². The Balaban J connectivity index is 1.53. The Morgan fingerprint density at radius 1 is 1.07 bits per heavy atom. The molecule has 1 unspecified atom stereocenters. The van der Waals surface area contributed by atoms with E-state index in [4.69, 9.17) is 4.74 Å². The highest BCUT2D eigenvalue weighted by molar-refractivity contribution is 6.04. The van der Waals surface area contributed by atoms with Crippen LogP contribution in [0.1, 0.15) is 35.7 Å². The van der Waals surface area contributed by atoms with Crippen molar-refractivity contribution in [3.05, 3.63) is 65.7 Å². The van der Waals surface area contributed by atoms with Gasteiger partial charge in [0.1, 0.15) is 6.10 Å². The molecule has 5 heteroatoms. The maximum Gasteiger partial charge on any atom is 0.253 e. The maximum atomic E-state index is 12.5. The molecule has 3 rings (SSSR count). The Kier molecular flexibility index (Phi) is 6.60. The van der Waals surface area contributed by atoms with Crippen LogP contribution >= 0.6 is 0 Å². The molecule has 0 heterocycles. The van der Waals surface area contributed by atoms with Gasteiger partial charge in [0.2, 0.25) is 0 Å². The summed E-state index contributed by atoms with van der Waals surface area (Å²) in [4.78, 5) is 24.9. The van der Waals surface area contributed by atoms with Crippen molar-refractivity contribution >= 4 is 17.5 Å². The zero-order valence-corrected chi connectivity index (χ0v) is 15.6. The normalized spacial score (nSPS) is 14.4. The van der Waals surface area contributed by atoms with E-state index in [1.807, 2.05) is 30.3 Å². The Morgan fingerprint density at radius 2 is 1.78 bits per heavy atom. The predicted molar refractivity (Wildman–Crippen MR) is 106 cm³/mol. The Bertz CT molecular complexity index is 772. The standard InChI is InChI=1S/C22H26N2O3/c1-16(27-15-18-11-12-18)21(25)24-20-10-6-5-9-19(20)22(26)23-14-13-17-7-3-2-4-8-17/h2-10,16,18H,11-15H2,1H3,(H,23,26)(H,24,25). The van der Waals surface area contributed by atoms with Gasteiger partial charge in [0.25, 0.3) is 11.8 Å². The van der Waals surface area contributed by atoms with Gasteiger partial charge in [-0.05, 0) is 49.8 Å². The van der Waals surface area contributed by atoms with E-state index in [-0.39, 0.29) is 11.8 Å². The first kappa shape index (κ1) is 19.1. The molecule has 0 radical (unpaired) electrons. The molecule has 0 bridgehead atoms. The minimum Gasteiger partial charge on any atom is -0.368 e. The molecule has 0 saturated heterocycles. The van der Waals surface area contributed by atoms with Gasteiger partial charge in [0, 0.05) is 6.54 Å². The summed E-state index contributed by atoms with van der Waals surface area (Å²) in [6.45, 7) is 2.89. The minimum absolute atomic E-state index is 0.201. The summed E-state index contributed by atoms with van der Waals surface area (Å²) in [6.07, 6.45) is 2.58. The van der Waals surface area contributed by atoms with Gasteiger partial charge in [-0.3, -0.25) is 9.59 Å². The average Bonchev–Trinajstić information content (AvgIpc) is 3.51. The molecule has 27 heavy (non-hydrogen) atoms. The Hall–Kier alpha value is -2.66. The number of carbonyl (C=O) groups excluding carboxylic acids is 2. The van der Waals surface area contributed by atoms with E-state index in [1.165, 1.54) is 18.4 Å². The first-order valence-electron chi connectivity index (χ1n) is 9.47. The molecule has 2 aromatic rings. The maximum absolute atomic E-state index is 12.5. The van der Waals surface area contributed by atoms with E-state index in [0.29, 0.717) is 30.3 Å². The summed E-state index contributed by atoms with van der Waals surface area (Å²) in [5.74, 6) is 0.163. The number of para-hydroxylation sites is 1. The van der Waals surface area contributed by atoms with Crippen molar-refractivity contribution in [1.29, 1.82) is 0 Å². The number of hydrogen-bond acceptors (Lipinski definition) is 3. The van der Waals surface area contributed by atoms with Crippen LogP contribution in [0.5, 0.6) is 0 Å². The number of rotatable bonds is 9. The van der Waals surface area contributed by atoms with Crippen molar-refractivity contribution in [3.8, 4) is 0 Å². The lowest BCUT2D eigenvalue weighted by molar-refractivity contribution is -0.126. The summed E-state index contributed by atoms with van der Waals surface area (Å²) in [7, 11) is 0. The lowest BCUT2D eigenvalue weighted by Gasteiger charge is -2.15. The van der Waals surface area contributed by atoms with Gasteiger partial charge >= 0.3 is 0 Å². The number of ether oxygens (including phenoxy) is 1. The van der Waals surface area contributed by atoms with E-state index in [2.05, 4.69) is 10.6 Å². The largest absolute Gasteiger partial charge is 0.368 e. The Labute approximate surface area is 160 Å². The first-order chi connectivity index (χ1) is 13.1. The molecule has 1 fully saturated rings. The van der Waals surface area contributed by atoms with Crippen LogP contribution in [0.4, 0.5) is 5.69 Å². The van der Waals surface area contributed by atoms with Crippen molar-refractivity contribution < 1.29 is 14.3 Å². The van der Waals surface area contributed by atoms with Crippen LogP contribution in [0, 0.1) is 5.92 Å². The minimum atomic E-state index is -0.542. The first-order valence-corrected chi connectivity index (χ1v) is 9.47. The molecule has 1 aliphatic carbocycles. The second-order valence-corrected chi connectivity index (χ2v) is 6.95. The molecule has 0 aromatic heterocycles. The number of anilines is 1. The van der Waals surface area contributed by atoms with Gasteiger partial charge in [-0.2, -0.15) is 0 Å². The van der Waals surface area contributed by atoms with Crippen molar-refractivity contribution in [1.82, 2.24) is 5.32 Å². The third-order valence-electron chi connectivity index (χ3n) is 4.62. The van der Waals surface area contributed by atoms with Crippen LogP contribution in [-0.4, -0.2) is 31.1 Å². The van der Waals surface area contributed by atoms with Crippen molar-refractivity contribution in [3.63, 3.8) is 0 Å². The van der Waals surface area contributed by atoms with Crippen LogP contribution < -0.4 is 10.6 Å². The molecule has 0 spiro atoms. The highest BCUT2D eigenvalue weighted by Gasteiger charge is 2.24. The third-order valence-corrected chi connectivity index (χ3v) is 4.62. The molecule has 1 atom stereocenters. The van der Waals surface area contributed by atoms with E-state index in [9.17, 15) is 9.59 Å². The quantitative estimate of drug-likeness (QED) is 0.715. The smallest absolute Gasteiger partial charge is 0.253 e. The number of amides is 2. The molecule has 2 aromatic carbocycles. The average molecular weight is 366 g/mol. The van der Waals surface area contributed by atoms with Crippen LogP contribution in [-0.2, 0) is 16.0 Å². The fourth-order valence-electron chi connectivity index (χ4n) is 2.73. The van der Waals surface area contributed by atoms with Gasteiger partial charge in [-0.1, -0.05) is 42.5 Å². The summed E-state index contributed by atoms with van der Waals surface area (Å²) < 4.78 is 5.60. The molecule has 1 aliphatic rings. The summed E-state index contributed by atoms with van der Waals surface area (Å²) >= 11 is 0.